The molecular weight excluding hydrogens is 260 g/mol. The number of fused-ring (bicyclic) bond motifs is 1. The molecule has 4 nitrogen and oxygen atoms in total. The molecule has 19 heavy (non-hydrogen) atoms. The van der Waals surface area contributed by atoms with Gasteiger partial charge in [-0.2, -0.15) is 0 Å². The van der Waals surface area contributed by atoms with Gasteiger partial charge in [0.25, 0.3) is 0 Å². The summed E-state index contributed by atoms with van der Waals surface area (Å²) in [6.45, 7) is 1.70. The third kappa shape index (κ3) is 2.25. The molecule has 1 radical (unpaired) electrons. The third-order valence-electron chi connectivity index (χ3n) is 3.35. The summed E-state index contributed by atoms with van der Waals surface area (Å²) in [6.07, 6.45) is 0. The molecule has 2 aromatic rings. The van der Waals surface area contributed by atoms with Crippen molar-refractivity contribution in [3.8, 4) is 0 Å². The van der Waals surface area contributed by atoms with E-state index >= 15 is 0 Å². The van der Waals surface area contributed by atoms with Gasteiger partial charge < -0.3 is 5.32 Å². The summed E-state index contributed by atoms with van der Waals surface area (Å²) in [4.78, 5) is 0.378. The second kappa shape index (κ2) is 4.92. The number of rotatable bonds is 2. The molecule has 5 heteroatoms. The van der Waals surface area contributed by atoms with Crippen LogP contribution < -0.4 is 10.6 Å². The lowest BCUT2D eigenvalue weighted by Crippen LogP contribution is -2.48. The Morgan fingerprint density at radius 3 is 2.68 bits per heavy atom. The fourth-order valence-electron chi connectivity index (χ4n) is 2.38. The Labute approximate surface area is 112 Å². The predicted molar refractivity (Wildman–Crippen MR) is 74.8 cm³/mol. The lowest BCUT2D eigenvalue weighted by Gasteiger charge is -2.23. The van der Waals surface area contributed by atoms with Gasteiger partial charge in [0.05, 0.1) is 4.90 Å². The van der Waals surface area contributed by atoms with Crippen LogP contribution in [0.25, 0.3) is 10.8 Å². The van der Waals surface area contributed by atoms with Crippen LogP contribution in [0.4, 0.5) is 0 Å². The minimum absolute atomic E-state index is 0.378. The van der Waals surface area contributed by atoms with E-state index in [1.54, 1.807) is 12.1 Å². The molecule has 2 aromatic carbocycles. The molecule has 99 valence electrons. The minimum Gasteiger partial charge on any atom is -0.313 e. The minimum atomic E-state index is -3.42. The first-order valence-electron chi connectivity index (χ1n) is 6.28. The number of hydrogen-bond acceptors (Lipinski definition) is 3. The molecule has 1 N–H and O–H groups in total. The van der Waals surface area contributed by atoms with E-state index in [0.717, 1.165) is 17.3 Å². The Morgan fingerprint density at radius 2 is 1.89 bits per heavy atom. The lowest BCUT2D eigenvalue weighted by molar-refractivity contribution is 0.468. The average Bonchev–Trinajstić information content (AvgIpc) is 2.47. The standard InChI is InChI=1S/C14H15N2O2S/c17-19(18,14-10-15-8-9-16-14)13-7-3-5-11-4-1-2-6-12(11)13/h1-7,14-15H,8-10H2. The lowest BCUT2D eigenvalue weighted by atomic mass is 10.1. The fourth-order valence-corrected chi connectivity index (χ4v) is 4.07. The summed E-state index contributed by atoms with van der Waals surface area (Å²) in [7, 11) is -3.42. The second-order valence-electron chi connectivity index (χ2n) is 4.59. The van der Waals surface area contributed by atoms with Crippen LogP contribution in [0.1, 0.15) is 0 Å². The molecule has 0 amide bonds. The van der Waals surface area contributed by atoms with Crippen LogP contribution in [-0.4, -0.2) is 33.4 Å². The number of nitrogens with zero attached hydrogens (tertiary/aromatic N) is 1. The van der Waals surface area contributed by atoms with E-state index in [1.165, 1.54) is 0 Å². The summed E-state index contributed by atoms with van der Waals surface area (Å²) >= 11 is 0. The quantitative estimate of drug-likeness (QED) is 0.894. The van der Waals surface area contributed by atoms with Gasteiger partial charge in [-0.3, -0.25) is 0 Å². The Morgan fingerprint density at radius 1 is 1.11 bits per heavy atom. The number of benzene rings is 2. The molecule has 1 unspecified atom stereocenters. The van der Waals surface area contributed by atoms with Crippen LogP contribution in [-0.2, 0) is 9.84 Å². The molecule has 0 spiro atoms. The number of sulfone groups is 1. The third-order valence-corrected chi connectivity index (χ3v) is 5.36. The van der Waals surface area contributed by atoms with Gasteiger partial charge in [0.2, 0.25) is 0 Å². The summed E-state index contributed by atoms with van der Waals surface area (Å²) in [5.41, 5.74) is 0. The van der Waals surface area contributed by atoms with Gasteiger partial charge >= 0.3 is 0 Å². The van der Waals surface area contributed by atoms with E-state index in [-0.39, 0.29) is 0 Å². The smallest absolute Gasteiger partial charge is 0.197 e. The maximum atomic E-state index is 12.7. The Kier molecular flexibility index (Phi) is 3.26. The highest BCUT2D eigenvalue weighted by Gasteiger charge is 2.30. The van der Waals surface area contributed by atoms with Crippen molar-refractivity contribution in [3.05, 3.63) is 42.5 Å². The Hall–Kier alpha value is -1.43. The zero-order valence-electron chi connectivity index (χ0n) is 10.4. The second-order valence-corrected chi connectivity index (χ2v) is 6.66. The molecule has 1 fully saturated rings. The van der Waals surface area contributed by atoms with Crippen molar-refractivity contribution in [2.24, 2.45) is 0 Å². The fraction of sp³-hybridized carbons (Fsp3) is 0.286. The molecule has 0 aromatic heterocycles. The first-order valence-corrected chi connectivity index (χ1v) is 7.83. The van der Waals surface area contributed by atoms with Crippen molar-refractivity contribution in [1.29, 1.82) is 0 Å². The van der Waals surface area contributed by atoms with Crippen molar-refractivity contribution in [3.63, 3.8) is 0 Å². The van der Waals surface area contributed by atoms with E-state index in [4.69, 9.17) is 0 Å². The van der Waals surface area contributed by atoms with Crippen LogP contribution in [0, 0.1) is 0 Å². The molecule has 1 atom stereocenters. The summed E-state index contributed by atoms with van der Waals surface area (Å²) in [5, 5.41) is 8.35. The van der Waals surface area contributed by atoms with Crippen LogP contribution in [0.2, 0.25) is 0 Å². The highest BCUT2D eigenvalue weighted by atomic mass is 32.2. The van der Waals surface area contributed by atoms with Gasteiger partial charge in [0.1, 0.15) is 5.37 Å². The van der Waals surface area contributed by atoms with Gasteiger partial charge in [-0.15, -0.1) is 0 Å². The van der Waals surface area contributed by atoms with Crippen molar-refractivity contribution in [2.45, 2.75) is 10.3 Å². The van der Waals surface area contributed by atoms with Crippen molar-refractivity contribution < 1.29 is 8.42 Å². The van der Waals surface area contributed by atoms with E-state index < -0.39 is 15.2 Å². The first kappa shape index (κ1) is 12.6. The number of piperazine rings is 1. The van der Waals surface area contributed by atoms with Crippen molar-refractivity contribution >= 4 is 20.6 Å². The molecule has 1 aliphatic heterocycles. The number of hydrogen-bond donors (Lipinski definition) is 1. The first-order chi connectivity index (χ1) is 9.19. The van der Waals surface area contributed by atoms with E-state index in [1.807, 2.05) is 30.3 Å². The molecular formula is C14H15N2O2S. The van der Waals surface area contributed by atoms with Gasteiger partial charge in [0, 0.05) is 25.0 Å². The zero-order valence-corrected chi connectivity index (χ0v) is 11.2. The topological polar surface area (TPSA) is 60.3 Å². The normalized spacial score (nSPS) is 20.5. The van der Waals surface area contributed by atoms with Crippen molar-refractivity contribution in [1.82, 2.24) is 10.6 Å². The van der Waals surface area contributed by atoms with E-state index in [2.05, 4.69) is 10.6 Å². The zero-order chi connectivity index (χ0) is 13.3. The van der Waals surface area contributed by atoms with Crippen LogP contribution in [0.3, 0.4) is 0 Å². The molecule has 0 aliphatic carbocycles. The largest absolute Gasteiger partial charge is 0.313 e. The highest BCUT2D eigenvalue weighted by molar-refractivity contribution is 7.92. The van der Waals surface area contributed by atoms with E-state index in [0.29, 0.717) is 18.0 Å². The van der Waals surface area contributed by atoms with E-state index in [9.17, 15) is 8.42 Å². The summed E-state index contributed by atoms with van der Waals surface area (Å²) in [5.74, 6) is 0. The van der Waals surface area contributed by atoms with Gasteiger partial charge in [0.15, 0.2) is 9.84 Å². The number of nitrogens with one attached hydrogen (secondary N) is 1. The predicted octanol–water partition coefficient (Wildman–Crippen LogP) is 1.15. The van der Waals surface area contributed by atoms with Crippen molar-refractivity contribution in [2.75, 3.05) is 19.6 Å². The monoisotopic (exact) mass is 275 g/mol. The maximum Gasteiger partial charge on any atom is 0.197 e. The van der Waals surface area contributed by atoms with Gasteiger partial charge in [-0.1, -0.05) is 36.4 Å². The SMILES string of the molecule is O=S(=O)(c1cccc2ccccc12)C1CNCC[N]1. The summed E-state index contributed by atoms with van der Waals surface area (Å²) < 4.78 is 25.3. The Balaban J connectivity index is 2.12. The van der Waals surface area contributed by atoms with Gasteiger partial charge in [-0.25, -0.2) is 13.7 Å². The highest BCUT2D eigenvalue weighted by Crippen LogP contribution is 2.25. The van der Waals surface area contributed by atoms with Gasteiger partial charge in [-0.05, 0) is 11.5 Å². The molecule has 1 saturated heterocycles. The summed E-state index contributed by atoms with van der Waals surface area (Å²) in [6, 6.07) is 12.9. The van der Waals surface area contributed by atoms with Crippen LogP contribution >= 0.6 is 0 Å². The van der Waals surface area contributed by atoms with Crippen LogP contribution in [0.15, 0.2) is 47.4 Å². The molecule has 1 heterocycles. The average molecular weight is 275 g/mol. The molecule has 0 bridgehead atoms. The molecule has 3 rings (SSSR count). The maximum absolute atomic E-state index is 12.7. The van der Waals surface area contributed by atoms with Crippen LogP contribution in [0.5, 0.6) is 0 Å². The molecule has 1 aliphatic rings. The Bertz CT molecular complexity index is 686. The molecule has 0 saturated carbocycles.